The molecular formula is C34H43N3. The Morgan fingerprint density at radius 2 is 2.00 bits per heavy atom. The van der Waals surface area contributed by atoms with Gasteiger partial charge in [-0.3, -0.25) is 0 Å². The minimum atomic E-state index is 0.570. The summed E-state index contributed by atoms with van der Waals surface area (Å²) < 4.78 is 0. The Hall–Kier alpha value is -3.77. The molecule has 1 heterocycles. The molecule has 3 heteroatoms. The van der Waals surface area contributed by atoms with Gasteiger partial charge in [-0.2, -0.15) is 5.26 Å². The summed E-state index contributed by atoms with van der Waals surface area (Å²) in [6.07, 6.45) is 21.4. The fourth-order valence-electron chi connectivity index (χ4n) is 4.00. The molecule has 2 rings (SSSR count). The molecule has 1 aliphatic heterocycles. The molecule has 1 aliphatic rings. The van der Waals surface area contributed by atoms with E-state index in [2.05, 4.69) is 93.1 Å². The Morgan fingerprint density at radius 1 is 1.24 bits per heavy atom. The Labute approximate surface area is 225 Å². The van der Waals surface area contributed by atoms with Gasteiger partial charge in [-0.25, -0.2) is 0 Å². The average Bonchev–Trinajstić information content (AvgIpc) is 2.92. The molecule has 1 aromatic carbocycles. The van der Waals surface area contributed by atoms with Crippen LogP contribution in [0.2, 0.25) is 0 Å². The normalized spacial score (nSPS) is 19.9. The quantitative estimate of drug-likeness (QED) is 0.185. The Morgan fingerprint density at radius 3 is 2.65 bits per heavy atom. The third-order valence-electron chi connectivity index (χ3n) is 6.82. The van der Waals surface area contributed by atoms with Crippen LogP contribution in [-0.2, 0) is 6.42 Å². The molecule has 0 amide bonds. The number of hydrogen-bond donors (Lipinski definition) is 2. The molecule has 0 radical (unpaired) electrons. The fraction of sp³-hybridized carbons (Fsp3) is 0.324. The van der Waals surface area contributed by atoms with Gasteiger partial charge in [0.25, 0.3) is 0 Å². The minimum Gasteiger partial charge on any atom is -0.387 e. The Kier molecular flexibility index (Phi) is 12.8. The molecule has 0 aliphatic carbocycles. The molecular weight excluding hydrogens is 450 g/mol. The van der Waals surface area contributed by atoms with E-state index in [9.17, 15) is 5.26 Å². The van der Waals surface area contributed by atoms with Gasteiger partial charge in [0, 0.05) is 18.7 Å². The van der Waals surface area contributed by atoms with Gasteiger partial charge in [0.1, 0.15) is 6.07 Å². The van der Waals surface area contributed by atoms with Crippen molar-refractivity contribution in [2.75, 3.05) is 6.54 Å². The van der Waals surface area contributed by atoms with E-state index in [1.54, 1.807) is 6.08 Å². The molecule has 3 nitrogen and oxygen atoms in total. The summed E-state index contributed by atoms with van der Waals surface area (Å²) in [7, 11) is 0. The zero-order valence-corrected chi connectivity index (χ0v) is 23.1. The zero-order chi connectivity index (χ0) is 27.0. The molecule has 0 spiro atoms. The van der Waals surface area contributed by atoms with Crippen molar-refractivity contribution in [1.29, 1.82) is 5.26 Å². The van der Waals surface area contributed by atoms with Gasteiger partial charge in [0.05, 0.1) is 11.3 Å². The molecule has 0 saturated heterocycles. The lowest BCUT2D eigenvalue weighted by Crippen LogP contribution is -2.18. The maximum atomic E-state index is 9.89. The van der Waals surface area contributed by atoms with Gasteiger partial charge in [0.2, 0.25) is 0 Å². The minimum absolute atomic E-state index is 0.570. The SMILES string of the molecule is C=CC(/C=C/c1ccc(CCCC(C)CC)cc1)=C(N/C1=C(\C)C(=C)/C=C\NC/C=C\C1)\C(C#N)=C/C. The molecule has 1 unspecified atom stereocenters. The van der Waals surface area contributed by atoms with Crippen molar-refractivity contribution < 1.29 is 0 Å². The van der Waals surface area contributed by atoms with Crippen molar-refractivity contribution in [3.05, 3.63) is 125 Å². The van der Waals surface area contributed by atoms with E-state index in [0.717, 1.165) is 52.6 Å². The number of benzene rings is 1. The summed E-state index contributed by atoms with van der Waals surface area (Å²) >= 11 is 0. The summed E-state index contributed by atoms with van der Waals surface area (Å²) in [5, 5.41) is 16.7. The van der Waals surface area contributed by atoms with Gasteiger partial charge < -0.3 is 10.6 Å². The molecule has 0 fully saturated rings. The topological polar surface area (TPSA) is 47.8 Å². The largest absolute Gasteiger partial charge is 0.387 e. The molecule has 194 valence electrons. The molecule has 0 bridgehead atoms. The smallest absolute Gasteiger partial charge is 0.101 e. The average molecular weight is 494 g/mol. The predicted molar refractivity (Wildman–Crippen MR) is 160 cm³/mol. The Bertz CT molecular complexity index is 1140. The first kappa shape index (κ1) is 29.5. The molecule has 0 aromatic heterocycles. The van der Waals surface area contributed by atoms with Crippen LogP contribution in [0.5, 0.6) is 0 Å². The first-order valence-electron chi connectivity index (χ1n) is 13.3. The lowest BCUT2D eigenvalue weighted by Gasteiger charge is -2.19. The van der Waals surface area contributed by atoms with Crippen LogP contribution < -0.4 is 10.6 Å². The van der Waals surface area contributed by atoms with Crippen LogP contribution >= 0.6 is 0 Å². The van der Waals surface area contributed by atoms with Crippen LogP contribution in [0.1, 0.15) is 64.5 Å². The van der Waals surface area contributed by atoms with Crippen molar-refractivity contribution in [2.45, 2.75) is 59.8 Å². The second-order valence-corrected chi connectivity index (χ2v) is 9.50. The molecule has 2 N–H and O–H groups in total. The van der Waals surface area contributed by atoms with E-state index < -0.39 is 0 Å². The van der Waals surface area contributed by atoms with Crippen molar-refractivity contribution >= 4 is 6.08 Å². The van der Waals surface area contributed by atoms with Crippen molar-refractivity contribution in [3.8, 4) is 6.07 Å². The standard InChI is InChI=1S/C34H43N3/c1-7-26(4)13-12-14-29-16-18-30(19-17-29)20-21-31(8-2)34(32(9-3)25-35)37-33-15-10-11-23-36-24-22-27(5)28(33)6/h8-11,16-22,24,26,36-37H,2,5,7,12-15,23H2,1,3-4,6H3/b11-10-,21-20+,24-22-,32-9-,33-28+,34-31-. The van der Waals surface area contributed by atoms with Crippen molar-refractivity contribution in [2.24, 2.45) is 5.92 Å². The molecule has 37 heavy (non-hydrogen) atoms. The summed E-state index contributed by atoms with van der Waals surface area (Å²) in [4.78, 5) is 0. The number of rotatable bonds is 11. The maximum Gasteiger partial charge on any atom is 0.101 e. The lowest BCUT2D eigenvalue weighted by atomic mass is 9.98. The summed E-state index contributed by atoms with van der Waals surface area (Å²) in [6, 6.07) is 11.1. The molecule has 1 atom stereocenters. The van der Waals surface area contributed by atoms with E-state index in [1.807, 2.05) is 31.4 Å². The van der Waals surface area contributed by atoms with Gasteiger partial charge >= 0.3 is 0 Å². The summed E-state index contributed by atoms with van der Waals surface area (Å²) in [6.45, 7) is 17.5. The number of nitrogens with zero attached hydrogens (tertiary/aromatic N) is 1. The number of nitrogens with one attached hydrogen (secondary N) is 2. The first-order chi connectivity index (χ1) is 17.9. The Balaban J connectivity index is 2.34. The second kappa shape index (κ2) is 16.1. The lowest BCUT2D eigenvalue weighted by molar-refractivity contribution is 0.496. The third kappa shape index (κ3) is 9.66. The van der Waals surface area contributed by atoms with Crippen LogP contribution in [0.4, 0.5) is 0 Å². The summed E-state index contributed by atoms with van der Waals surface area (Å²) in [5.41, 5.74) is 7.64. The highest BCUT2D eigenvalue weighted by Crippen LogP contribution is 2.23. The number of nitriles is 1. The van der Waals surface area contributed by atoms with Gasteiger partial charge in [0.15, 0.2) is 0 Å². The highest BCUT2D eigenvalue weighted by atomic mass is 14.9. The van der Waals surface area contributed by atoms with Crippen LogP contribution in [0.25, 0.3) is 6.08 Å². The van der Waals surface area contributed by atoms with Gasteiger partial charge in [-0.1, -0.05) is 101 Å². The molecule has 1 aromatic rings. The highest BCUT2D eigenvalue weighted by molar-refractivity contribution is 5.60. The van der Waals surface area contributed by atoms with E-state index in [-0.39, 0.29) is 0 Å². The van der Waals surface area contributed by atoms with Crippen LogP contribution in [0, 0.1) is 17.2 Å². The monoisotopic (exact) mass is 493 g/mol. The predicted octanol–water partition coefficient (Wildman–Crippen LogP) is 8.46. The second-order valence-electron chi connectivity index (χ2n) is 9.50. The van der Waals surface area contributed by atoms with Crippen LogP contribution in [0.3, 0.4) is 0 Å². The third-order valence-corrected chi connectivity index (χ3v) is 6.82. The van der Waals surface area contributed by atoms with Crippen LogP contribution in [0.15, 0.2) is 114 Å². The van der Waals surface area contributed by atoms with Crippen LogP contribution in [-0.4, -0.2) is 6.54 Å². The number of allylic oxidation sites excluding steroid dienone is 9. The summed E-state index contributed by atoms with van der Waals surface area (Å²) in [5.74, 6) is 0.795. The molecule has 0 saturated carbocycles. The van der Waals surface area contributed by atoms with E-state index in [1.165, 1.54) is 24.8 Å². The van der Waals surface area contributed by atoms with E-state index in [0.29, 0.717) is 12.0 Å². The first-order valence-corrected chi connectivity index (χ1v) is 13.3. The number of hydrogen-bond acceptors (Lipinski definition) is 3. The van der Waals surface area contributed by atoms with E-state index >= 15 is 0 Å². The fourth-order valence-corrected chi connectivity index (χ4v) is 4.00. The zero-order valence-electron chi connectivity index (χ0n) is 23.1. The van der Waals surface area contributed by atoms with Crippen molar-refractivity contribution in [1.82, 2.24) is 10.6 Å². The van der Waals surface area contributed by atoms with E-state index in [4.69, 9.17) is 0 Å². The van der Waals surface area contributed by atoms with Gasteiger partial charge in [-0.05, 0) is 72.7 Å². The number of aryl methyl sites for hydroxylation is 1. The van der Waals surface area contributed by atoms with Crippen molar-refractivity contribution in [3.63, 3.8) is 0 Å². The maximum absolute atomic E-state index is 9.89. The highest BCUT2D eigenvalue weighted by Gasteiger charge is 2.13. The van der Waals surface area contributed by atoms with Gasteiger partial charge in [-0.15, -0.1) is 0 Å².